The van der Waals surface area contributed by atoms with Crippen molar-refractivity contribution in [1.82, 2.24) is 0 Å². The Morgan fingerprint density at radius 1 is 0.296 bits per heavy atom. The Balaban J connectivity index is 4.29. The second-order valence-corrected chi connectivity index (χ2v) is 19.5. The maximum Gasteiger partial charge on any atom is 0.306 e. The van der Waals surface area contributed by atoms with Gasteiger partial charge in [0.2, 0.25) is 0 Å². The van der Waals surface area contributed by atoms with Crippen molar-refractivity contribution in [3.05, 3.63) is 97.2 Å². The predicted octanol–water partition coefficient (Wildman–Crippen LogP) is 20.1. The first-order valence-corrected chi connectivity index (χ1v) is 29.7. The lowest BCUT2D eigenvalue weighted by atomic mass is 10.1. The highest BCUT2D eigenvalue weighted by Gasteiger charge is 2.19. The molecule has 0 aromatic carbocycles. The normalized spacial score (nSPS) is 12.8. The van der Waals surface area contributed by atoms with E-state index in [0.717, 1.165) is 122 Å². The fourth-order valence-corrected chi connectivity index (χ4v) is 8.12. The van der Waals surface area contributed by atoms with Gasteiger partial charge in [0, 0.05) is 19.3 Å². The van der Waals surface area contributed by atoms with Gasteiger partial charge in [0.25, 0.3) is 0 Å². The highest BCUT2D eigenvalue weighted by atomic mass is 16.6. The first-order valence-electron chi connectivity index (χ1n) is 29.7. The summed E-state index contributed by atoms with van der Waals surface area (Å²) < 4.78 is 16.8. The Morgan fingerprint density at radius 2 is 0.549 bits per heavy atom. The smallest absolute Gasteiger partial charge is 0.306 e. The zero-order valence-electron chi connectivity index (χ0n) is 46.5. The SMILES string of the molecule is CC/C=C\C/C=C\C/C=C\C/C=C\C/C=C\CCCCCCCCCCCC(=O)OCC(COC(=O)CCCCCCCCCCC)OC(=O)CCCCCCCC/C=C\C/C=C\C/C=C\CCCCC. The number of ether oxygens (including phenoxy) is 3. The van der Waals surface area contributed by atoms with E-state index in [9.17, 15) is 14.4 Å². The summed E-state index contributed by atoms with van der Waals surface area (Å²) in [5.41, 5.74) is 0. The lowest BCUT2D eigenvalue weighted by Gasteiger charge is -2.18. The minimum absolute atomic E-state index is 0.0834. The van der Waals surface area contributed by atoms with Crippen LogP contribution in [0.15, 0.2) is 97.2 Å². The average Bonchev–Trinajstić information content (AvgIpc) is 3.37. The van der Waals surface area contributed by atoms with E-state index < -0.39 is 6.10 Å². The van der Waals surface area contributed by atoms with Crippen LogP contribution in [-0.2, 0) is 28.6 Å². The van der Waals surface area contributed by atoms with Crippen LogP contribution in [0.1, 0.15) is 278 Å². The molecule has 0 radical (unpaired) electrons. The van der Waals surface area contributed by atoms with Crippen LogP contribution in [0.3, 0.4) is 0 Å². The first-order chi connectivity index (χ1) is 35.0. The molecule has 0 aliphatic rings. The zero-order chi connectivity index (χ0) is 51.4. The molecule has 6 nitrogen and oxygen atoms in total. The van der Waals surface area contributed by atoms with Crippen LogP contribution < -0.4 is 0 Å². The Bertz CT molecular complexity index is 1410. The number of hydrogen-bond acceptors (Lipinski definition) is 6. The number of unbranched alkanes of at least 4 members (excludes halogenated alkanes) is 26. The monoisotopic (exact) mass is 987 g/mol. The third-order valence-corrected chi connectivity index (χ3v) is 12.6. The van der Waals surface area contributed by atoms with Crippen LogP contribution in [0.2, 0.25) is 0 Å². The molecule has 0 aliphatic heterocycles. The molecule has 0 aromatic heterocycles. The summed E-state index contributed by atoms with van der Waals surface area (Å²) in [7, 11) is 0. The van der Waals surface area contributed by atoms with Gasteiger partial charge in [-0.15, -0.1) is 0 Å². The van der Waals surface area contributed by atoms with Gasteiger partial charge in [0.1, 0.15) is 13.2 Å². The fourth-order valence-electron chi connectivity index (χ4n) is 8.12. The molecule has 0 N–H and O–H groups in total. The lowest BCUT2D eigenvalue weighted by Crippen LogP contribution is -2.30. The van der Waals surface area contributed by atoms with Gasteiger partial charge in [-0.2, -0.15) is 0 Å². The summed E-state index contributed by atoms with van der Waals surface area (Å²) >= 11 is 0. The van der Waals surface area contributed by atoms with Gasteiger partial charge in [0.05, 0.1) is 0 Å². The molecule has 6 heteroatoms. The van der Waals surface area contributed by atoms with Crippen LogP contribution in [0.4, 0.5) is 0 Å². The maximum absolute atomic E-state index is 12.8. The molecule has 0 fully saturated rings. The third-order valence-electron chi connectivity index (χ3n) is 12.6. The lowest BCUT2D eigenvalue weighted by molar-refractivity contribution is -0.167. The Hall–Kier alpha value is -3.67. The molecule has 406 valence electrons. The highest BCUT2D eigenvalue weighted by molar-refractivity contribution is 5.71. The molecule has 1 atom stereocenters. The van der Waals surface area contributed by atoms with Crippen molar-refractivity contribution in [2.45, 2.75) is 284 Å². The second-order valence-electron chi connectivity index (χ2n) is 19.5. The Morgan fingerprint density at radius 3 is 0.887 bits per heavy atom. The molecule has 0 rings (SSSR count). The summed E-state index contributed by atoms with van der Waals surface area (Å²) in [5, 5.41) is 0. The molecule has 0 bridgehead atoms. The van der Waals surface area contributed by atoms with Gasteiger partial charge in [0.15, 0.2) is 6.10 Å². The van der Waals surface area contributed by atoms with E-state index in [-0.39, 0.29) is 31.1 Å². The first kappa shape index (κ1) is 67.3. The molecular weight excluding hydrogens is 877 g/mol. The van der Waals surface area contributed by atoms with Crippen molar-refractivity contribution >= 4 is 17.9 Å². The predicted molar refractivity (Wildman–Crippen MR) is 307 cm³/mol. The van der Waals surface area contributed by atoms with E-state index in [1.807, 2.05) is 0 Å². The van der Waals surface area contributed by atoms with Gasteiger partial charge < -0.3 is 14.2 Å². The number of allylic oxidation sites excluding steroid dienone is 16. The topological polar surface area (TPSA) is 78.9 Å². The molecule has 0 heterocycles. The summed E-state index contributed by atoms with van der Waals surface area (Å²) in [4.78, 5) is 38.1. The molecule has 0 saturated heterocycles. The van der Waals surface area contributed by atoms with E-state index in [4.69, 9.17) is 14.2 Å². The number of carbonyl (C=O) groups excluding carboxylic acids is 3. The van der Waals surface area contributed by atoms with Gasteiger partial charge in [-0.3, -0.25) is 14.4 Å². The minimum Gasteiger partial charge on any atom is -0.462 e. The molecule has 1 unspecified atom stereocenters. The Labute approximate surface area is 438 Å². The van der Waals surface area contributed by atoms with Crippen molar-refractivity contribution in [3.8, 4) is 0 Å². The quantitative estimate of drug-likeness (QED) is 0.0261. The van der Waals surface area contributed by atoms with Crippen molar-refractivity contribution in [1.29, 1.82) is 0 Å². The minimum atomic E-state index is -0.786. The standard InChI is InChI=1S/C65H110O6/c1-4-7-10-13-16-19-21-23-25-27-29-30-31-32-33-34-36-37-39-41-43-46-49-52-55-58-64(67)70-61-62(60-69-63(66)57-54-51-48-45-18-15-12-9-6-3)71-65(68)59-56-53-50-47-44-42-40-38-35-28-26-24-22-20-17-14-11-8-5-2/h7,10,16-17,19-20,23-26,29-30,32-33,35,38,62H,4-6,8-9,11-15,18,21-22,27-28,31,34,36-37,39-61H2,1-3H3/b10-7-,19-16-,20-17-,25-23-,26-24-,30-29-,33-32-,38-35-. The van der Waals surface area contributed by atoms with Crippen LogP contribution in [-0.4, -0.2) is 37.2 Å². The molecule has 0 aromatic rings. The van der Waals surface area contributed by atoms with Crippen molar-refractivity contribution in [3.63, 3.8) is 0 Å². The summed E-state index contributed by atoms with van der Waals surface area (Å²) in [5.74, 6) is -0.901. The van der Waals surface area contributed by atoms with Crippen LogP contribution >= 0.6 is 0 Å². The van der Waals surface area contributed by atoms with Crippen LogP contribution in [0.25, 0.3) is 0 Å². The van der Waals surface area contributed by atoms with Crippen molar-refractivity contribution < 1.29 is 28.6 Å². The number of carbonyl (C=O) groups is 3. The molecule has 0 saturated carbocycles. The summed E-state index contributed by atoms with van der Waals surface area (Å²) in [6.45, 7) is 6.47. The number of esters is 3. The third kappa shape index (κ3) is 57.1. The van der Waals surface area contributed by atoms with Crippen LogP contribution in [0, 0.1) is 0 Å². The molecule has 0 amide bonds. The molecular formula is C65H110O6. The van der Waals surface area contributed by atoms with Gasteiger partial charge in [-0.05, 0) is 103 Å². The van der Waals surface area contributed by atoms with E-state index in [2.05, 4.69) is 118 Å². The van der Waals surface area contributed by atoms with E-state index in [1.54, 1.807) is 0 Å². The van der Waals surface area contributed by atoms with E-state index in [1.165, 1.54) is 116 Å². The summed E-state index contributed by atoms with van der Waals surface area (Å²) in [6, 6.07) is 0. The Kier molecular flexibility index (Phi) is 55.9. The fraction of sp³-hybridized carbons (Fsp3) is 0.708. The second kappa shape index (κ2) is 58.9. The molecule has 0 spiro atoms. The van der Waals surface area contributed by atoms with Crippen molar-refractivity contribution in [2.75, 3.05) is 13.2 Å². The van der Waals surface area contributed by atoms with Gasteiger partial charge >= 0.3 is 17.9 Å². The largest absolute Gasteiger partial charge is 0.462 e. The average molecular weight is 988 g/mol. The summed E-state index contributed by atoms with van der Waals surface area (Å²) in [6.07, 6.45) is 78.3. The molecule has 0 aliphatic carbocycles. The van der Waals surface area contributed by atoms with Gasteiger partial charge in [-0.25, -0.2) is 0 Å². The van der Waals surface area contributed by atoms with E-state index >= 15 is 0 Å². The highest BCUT2D eigenvalue weighted by Crippen LogP contribution is 2.15. The number of rotatable bonds is 53. The zero-order valence-corrected chi connectivity index (χ0v) is 46.5. The molecule has 71 heavy (non-hydrogen) atoms. The van der Waals surface area contributed by atoms with E-state index in [0.29, 0.717) is 19.3 Å². The van der Waals surface area contributed by atoms with Crippen LogP contribution in [0.5, 0.6) is 0 Å². The maximum atomic E-state index is 12.8. The van der Waals surface area contributed by atoms with Crippen molar-refractivity contribution in [2.24, 2.45) is 0 Å². The number of hydrogen-bond donors (Lipinski definition) is 0. The van der Waals surface area contributed by atoms with Gasteiger partial charge in [-0.1, -0.05) is 253 Å².